The number of nitrogens with one attached hydrogen (secondary N) is 1. The molecule has 84 valence electrons. The summed E-state index contributed by atoms with van der Waals surface area (Å²) in [6, 6.07) is -0.259. The van der Waals surface area contributed by atoms with Gasteiger partial charge in [0.2, 0.25) is 5.91 Å². The average molecular weight is 202 g/mol. The van der Waals surface area contributed by atoms with Crippen LogP contribution in [0.15, 0.2) is 0 Å². The number of hydrogen-bond donors (Lipinski definition) is 2. The van der Waals surface area contributed by atoms with Crippen LogP contribution in [0.5, 0.6) is 0 Å². The van der Waals surface area contributed by atoms with Crippen LogP contribution in [0.1, 0.15) is 27.7 Å². The molecule has 3 N–H and O–H groups in total. The highest BCUT2D eigenvalue weighted by atomic mass is 16.5. The lowest BCUT2D eigenvalue weighted by atomic mass is 10.0. The van der Waals surface area contributed by atoms with Crippen LogP contribution in [0.4, 0.5) is 0 Å². The van der Waals surface area contributed by atoms with Crippen LogP contribution in [0, 0.1) is 5.92 Å². The number of amides is 1. The van der Waals surface area contributed by atoms with Crippen molar-refractivity contribution in [3.63, 3.8) is 0 Å². The first-order valence-electron chi connectivity index (χ1n) is 5.09. The van der Waals surface area contributed by atoms with Gasteiger partial charge in [0, 0.05) is 6.54 Å². The summed E-state index contributed by atoms with van der Waals surface area (Å²) in [5, 5.41) is 3.07. The van der Waals surface area contributed by atoms with Gasteiger partial charge in [-0.25, -0.2) is 0 Å². The second-order valence-corrected chi connectivity index (χ2v) is 4.00. The predicted octanol–water partition coefficient (Wildman–Crippen LogP) is 0.511. The van der Waals surface area contributed by atoms with E-state index in [4.69, 9.17) is 10.5 Å². The molecule has 0 spiro atoms. The maximum absolute atomic E-state index is 11.0. The summed E-state index contributed by atoms with van der Waals surface area (Å²) in [7, 11) is 0. The lowest BCUT2D eigenvalue weighted by Gasteiger charge is -2.19. The number of carbonyl (C=O) groups is 1. The summed E-state index contributed by atoms with van der Waals surface area (Å²) in [5.74, 6) is -0.0869. The van der Waals surface area contributed by atoms with Gasteiger partial charge in [-0.15, -0.1) is 0 Å². The quantitative estimate of drug-likeness (QED) is 0.591. The fourth-order valence-electron chi connectivity index (χ4n) is 1.17. The number of nitrogens with two attached hydrogens (primary N) is 1. The molecule has 0 aromatic rings. The summed E-state index contributed by atoms with van der Waals surface area (Å²) < 4.78 is 5.34. The van der Waals surface area contributed by atoms with E-state index in [9.17, 15) is 4.79 Å². The van der Waals surface area contributed by atoms with Gasteiger partial charge < -0.3 is 15.8 Å². The summed E-state index contributed by atoms with van der Waals surface area (Å²) in [6.45, 7) is 9.15. The summed E-state index contributed by atoms with van der Waals surface area (Å²) in [5.41, 5.74) is 5.24. The number of rotatable bonds is 7. The zero-order valence-electron chi connectivity index (χ0n) is 9.54. The molecule has 0 saturated carbocycles. The zero-order valence-corrected chi connectivity index (χ0v) is 9.54. The second kappa shape index (κ2) is 6.79. The third kappa shape index (κ3) is 5.94. The minimum absolute atomic E-state index is 0.214. The molecule has 0 aromatic carbocycles. The standard InChI is InChI=1S/C10H22N2O2/c1-7(2)9(10(11)13)12-5-6-14-8(3)4/h7-9,12H,5-6H2,1-4H3,(H2,11,13). The van der Waals surface area contributed by atoms with Gasteiger partial charge in [-0.1, -0.05) is 13.8 Å². The highest BCUT2D eigenvalue weighted by molar-refractivity contribution is 5.80. The minimum atomic E-state index is -0.301. The van der Waals surface area contributed by atoms with E-state index in [0.29, 0.717) is 13.2 Å². The Labute approximate surface area is 86.2 Å². The van der Waals surface area contributed by atoms with Crippen molar-refractivity contribution in [2.45, 2.75) is 39.8 Å². The van der Waals surface area contributed by atoms with Crippen LogP contribution in [-0.2, 0) is 9.53 Å². The van der Waals surface area contributed by atoms with Gasteiger partial charge in [0.05, 0.1) is 18.8 Å². The van der Waals surface area contributed by atoms with Crippen LogP contribution < -0.4 is 11.1 Å². The third-order valence-electron chi connectivity index (χ3n) is 1.89. The monoisotopic (exact) mass is 202 g/mol. The SMILES string of the molecule is CC(C)OCCNC(C(N)=O)C(C)C. The molecule has 1 unspecified atom stereocenters. The highest BCUT2D eigenvalue weighted by Crippen LogP contribution is 1.99. The first-order valence-corrected chi connectivity index (χ1v) is 5.09. The molecule has 1 amide bonds. The van der Waals surface area contributed by atoms with Crippen molar-refractivity contribution in [2.75, 3.05) is 13.2 Å². The molecule has 0 bridgehead atoms. The first-order chi connectivity index (χ1) is 6.45. The summed E-state index contributed by atoms with van der Waals surface area (Å²) in [4.78, 5) is 11.0. The minimum Gasteiger partial charge on any atom is -0.377 e. The van der Waals surface area contributed by atoms with Crippen LogP contribution in [-0.4, -0.2) is 31.2 Å². The Morgan fingerprint density at radius 3 is 2.29 bits per heavy atom. The summed E-state index contributed by atoms with van der Waals surface area (Å²) >= 11 is 0. The van der Waals surface area contributed by atoms with Gasteiger partial charge in [-0.2, -0.15) is 0 Å². The molecule has 4 nitrogen and oxygen atoms in total. The van der Waals surface area contributed by atoms with Crippen molar-refractivity contribution in [3.8, 4) is 0 Å². The van der Waals surface area contributed by atoms with E-state index in [2.05, 4.69) is 5.32 Å². The smallest absolute Gasteiger partial charge is 0.234 e. The number of hydrogen-bond acceptors (Lipinski definition) is 3. The lowest BCUT2D eigenvalue weighted by molar-refractivity contribution is -0.121. The van der Waals surface area contributed by atoms with Crippen molar-refractivity contribution in [2.24, 2.45) is 11.7 Å². The molecule has 1 atom stereocenters. The van der Waals surface area contributed by atoms with Gasteiger partial charge in [-0.05, 0) is 19.8 Å². The van der Waals surface area contributed by atoms with E-state index in [1.54, 1.807) is 0 Å². The molecule has 0 heterocycles. The fourth-order valence-corrected chi connectivity index (χ4v) is 1.17. The molecule has 0 aliphatic rings. The average Bonchev–Trinajstić information content (AvgIpc) is 2.01. The maximum atomic E-state index is 11.0. The number of carbonyl (C=O) groups excluding carboxylic acids is 1. The molecular weight excluding hydrogens is 180 g/mol. The van der Waals surface area contributed by atoms with Crippen molar-refractivity contribution < 1.29 is 9.53 Å². The van der Waals surface area contributed by atoms with Gasteiger partial charge in [0.1, 0.15) is 0 Å². The van der Waals surface area contributed by atoms with Crippen molar-refractivity contribution in [1.82, 2.24) is 5.32 Å². The van der Waals surface area contributed by atoms with Crippen LogP contribution in [0.3, 0.4) is 0 Å². The molecule has 0 aromatic heterocycles. The van der Waals surface area contributed by atoms with Gasteiger partial charge in [0.15, 0.2) is 0 Å². The fraction of sp³-hybridized carbons (Fsp3) is 0.900. The van der Waals surface area contributed by atoms with Crippen molar-refractivity contribution >= 4 is 5.91 Å². The molecule has 0 aliphatic heterocycles. The molecule has 0 rings (SSSR count). The first kappa shape index (κ1) is 13.4. The molecular formula is C10H22N2O2. The molecule has 0 saturated heterocycles. The van der Waals surface area contributed by atoms with Crippen molar-refractivity contribution in [3.05, 3.63) is 0 Å². The Morgan fingerprint density at radius 2 is 1.93 bits per heavy atom. The van der Waals surface area contributed by atoms with E-state index in [-0.39, 0.29) is 24.0 Å². The molecule has 0 fully saturated rings. The molecule has 0 aliphatic carbocycles. The highest BCUT2D eigenvalue weighted by Gasteiger charge is 2.17. The van der Waals surface area contributed by atoms with Crippen LogP contribution in [0.25, 0.3) is 0 Å². The van der Waals surface area contributed by atoms with E-state index < -0.39 is 0 Å². The normalized spacial score (nSPS) is 13.6. The van der Waals surface area contributed by atoms with Crippen LogP contribution in [0.2, 0.25) is 0 Å². The maximum Gasteiger partial charge on any atom is 0.234 e. The second-order valence-electron chi connectivity index (χ2n) is 4.00. The molecule has 4 heteroatoms. The third-order valence-corrected chi connectivity index (χ3v) is 1.89. The Kier molecular flexibility index (Phi) is 6.49. The molecule has 14 heavy (non-hydrogen) atoms. The zero-order chi connectivity index (χ0) is 11.1. The Bertz CT molecular complexity index is 170. The Hall–Kier alpha value is -0.610. The Morgan fingerprint density at radius 1 is 1.36 bits per heavy atom. The van der Waals surface area contributed by atoms with Crippen molar-refractivity contribution in [1.29, 1.82) is 0 Å². The van der Waals surface area contributed by atoms with E-state index in [1.807, 2.05) is 27.7 Å². The van der Waals surface area contributed by atoms with Gasteiger partial charge in [0.25, 0.3) is 0 Å². The predicted molar refractivity (Wildman–Crippen MR) is 56.9 cm³/mol. The molecule has 0 radical (unpaired) electrons. The number of primary amides is 1. The van der Waals surface area contributed by atoms with Crippen LogP contribution >= 0.6 is 0 Å². The van der Waals surface area contributed by atoms with E-state index in [0.717, 1.165) is 0 Å². The van der Waals surface area contributed by atoms with E-state index in [1.165, 1.54) is 0 Å². The lowest BCUT2D eigenvalue weighted by Crippen LogP contribution is -2.46. The topological polar surface area (TPSA) is 64.3 Å². The Balaban J connectivity index is 3.67. The summed E-state index contributed by atoms with van der Waals surface area (Å²) in [6.07, 6.45) is 0.225. The largest absolute Gasteiger partial charge is 0.377 e. The van der Waals surface area contributed by atoms with Gasteiger partial charge >= 0.3 is 0 Å². The number of ether oxygens (including phenoxy) is 1. The van der Waals surface area contributed by atoms with Gasteiger partial charge in [-0.3, -0.25) is 4.79 Å². The van der Waals surface area contributed by atoms with E-state index >= 15 is 0 Å².